The van der Waals surface area contributed by atoms with Crippen LogP contribution in [0.25, 0.3) is 0 Å². The van der Waals surface area contributed by atoms with E-state index < -0.39 is 4.92 Å². The molecule has 1 amide bonds. The van der Waals surface area contributed by atoms with Crippen molar-refractivity contribution in [3.05, 3.63) is 49.7 Å². The second kappa shape index (κ2) is 7.65. The molecule has 0 radical (unpaired) electrons. The third kappa shape index (κ3) is 3.99. The van der Waals surface area contributed by atoms with Crippen LogP contribution in [0.2, 0.25) is 0 Å². The van der Waals surface area contributed by atoms with Crippen molar-refractivity contribution in [1.29, 1.82) is 0 Å². The Morgan fingerprint density at radius 3 is 2.68 bits per heavy atom. The van der Waals surface area contributed by atoms with Crippen molar-refractivity contribution in [2.75, 3.05) is 12.4 Å². The first-order valence-electron chi connectivity index (χ1n) is 8.34. The number of nitro benzene ring substituents is 1. The summed E-state index contributed by atoms with van der Waals surface area (Å²) in [5, 5.41) is 13.7. The van der Waals surface area contributed by atoms with E-state index in [-0.39, 0.29) is 11.6 Å². The summed E-state index contributed by atoms with van der Waals surface area (Å²) in [6, 6.07) is 6.12. The maximum atomic E-state index is 12.6. The van der Waals surface area contributed by atoms with Crippen LogP contribution >= 0.6 is 11.3 Å². The molecule has 1 heterocycles. The minimum atomic E-state index is -0.494. The predicted molar refractivity (Wildman–Crippen MR) is 97.8 cm³/mol. The zero-order valence-electron chi connectivity index (χ0n) is 14.0. The van der Waals surface area contributed by atoms with Gasteiger partial charge < -0.3 is 10.1 Å². The van der Waals surface area contributed by atoms with Crippen molar-refractivity contribution in [3.63, 3.8) is 0 Å². The Kier molecular flexibility index (Phi) is 5.33. The molecule has 7 heteroatoms. The fraction of sp³-hybridized carbons (Fsp3) is 0.389. The van der Waals surface area contributed by atoms with E-state index in [2.05, 4.69) is 5.32 Å². The van der Waals surface area contributed by atoms with Gasteiger partial charge in [0.2, 0.25) is 0 Å². The minimum Gasteiger partial charge on any atom is -0.495 e. The number of non-ortho nitro benzene ring substituents is 1. The third-order valence-corrected chi connectivity index (χ3v) is 5.60. The molecule has 1 aliphatic carbocycles. The predicted octanol–water partition coefficient (Wildman–Crippen LogP) is 4.58. The highest BCUT2D eigenvalue weighted by molar-refractivity contribution is 7.14. The maximum absolute atomic E-state index is 12.6. The molecule has 0 bridgehead atoms. The smallest absolute Gasteiger partial charge is 0.271 e. The number of hydrogen-bond donors (Lipinski definition) is 1. The van der Waals surface area contributed by atoms with Crippen molar-refractivity contribution in [2.45, 2.75) is 38.5 Å². The maximum Gasteiger partial charge on any atom is 0.271 e. The van der Waals surface area contributed by atoms with Gasteiger partial charge in [-0.25, -0.2) is 0 Å². The van der Waals surface area contributed by atoms with Crippen LogP contribution in [0.15, 0.2) is 24.3 Å². The Morgan fingerprint density at radius 1 is 1.20 bits per heavy atom. The molecule has 0 saturated carbocycles. The summed E-state index contributed by atoms with van der Waals surface area (Å²) in [7, 11) is 1.47. The van der Waals surface area contributed by atoms with E-state index in [4.69, 9.17) is 4.74 Å². The van der Waals surface area contributed by atoms with Crippen LogP contribution in [0, 0.1) is 10.1 Å². The molecule has 2 aromatic rings. The van der Waals surface area contributed by atoms with E-state index in [1.165, 1.54) is 59.9 Å². The highest BCUT2D eigenvalue weighted by Crippen LogP contribution is 2.32. The summed E-state index contributed by atoms with van der Waals surface area (Å²) in [5.41, 5.74) is 1.48. The molecule has 0 spiro atoms. The van der Waals surface area contributed by atoms with Gasteiger partial charge in [-0.3, -0.25) is 14.9 Å². The quantitative estimate of drug-likeness (QED) is 0.639. The topological polar surface area (TPSA) is 81.5 Å². The highest BCUT2D eigenvalue weighted by atomic mass is 32.1. The molecule has 3 rings (SSSR count). The van der Waals surface area contributed by atoms with Gasteiger partial charge in [-0.05, 0) is 43.4 Å². The molecule has 25 heavy (non-hydrogen) atoms. The summed E-state index contributed by atoms with van der Waals surface area (Å²) in [6.45, 7) is 0. The number of fused-ring (bicyclic) bond motifs is 1. The van der Waals surface area contributed by atoms with E-state index in [0.717, 1.165) is 25.7 Å². The molecule has 0 atom stereocenters. The number of nitro groups is 1. The lowest BCUT2D eigenvalue weighted by atomic mass is 10.00. The van der Waals surface area contributed by atoms with E-state index in [9.17, 15) is 14.9 Å². The van der Waals surface area contributed by atoms with Gasteiger partial charge in [0.25, 0.3) is 11.6 Å². The fourth-order valence-corrected chi connectivity index (χ4v) is 4.20. The van der Waals surface area contributed by atoms with Gasteiger partial charge in [-0.1, -0.05) is 12.8 Å². The number of carbonyl (C=O) groups is 1. The van der Waals surface area contributed by atoms with Crippen molar-refractivity contribution < 1.29 is 14.5 Å². The highest BCUT2D eigenvalue weighted by Gasteiger charge is 2.18. The molecule has 6 nitrogen and oxygen atoms in total. The van der Waals surface area contributed by atoms with Crippen LogP contribution in [-0.4, -0.2) is 17.9 Å². The number of anilines is 1. The number of nitrogens with one attached hydrogen (secondary N) is 1. The lowest BCUT2D eigenvalue weighted by Crippen LogP contribution is -2.11. The third-order valence-electron chi connectivity index (χ3n) is 4.36. The zero-order chi connectivity index (χ0) is 17.8. The normalized spacial score (nSPS) is 14.1. The number of amides is 1. The van der Waals surface area contributed by atoms with E-state index in [0.29, 0.717) is 16.3 Å². The lowest BCUT2D eigenvalue weighted by molar-refractivity contribution is -0.384. The Balaban J connectivity index is 1.83. The molecular formula is C18H20N2O4S. The molecule has 1 aliphatic rings. The number of carbonyl (C=O) groups excluding carboxylic acids is 1. The molecule has 0 unspecified atom stereocenters. The Labute approximate surface area is 150 Å². The molecule has 0 fully saturated rings. The summed E-state index contributed by atoms with van der Waals surface area (Å²) >= 11 is 1.52. The van der Waals surface area contributed by atoms with E-state index in [1.807, 2.05) is 6.07 Å². The molecule has 1 aromatic heterocycles. The number of nitrogens with zero attached hydrogens (tertiary/aromatic N) is 1. The van der Waals surface area contributed by atoms with Crippen LogP contribution in [-0.2, 0) is 12.8 Å². The van der Waals surface area contributed by atoms with Crippen LogP contribution in [0.4, 0.5) is 11.4 Å². The Hall–Kier alpha value is -2.41. The Bertz CT molecular complexity index is 775. The van der Waals surface area contributed by atoms with Gasteiger partial charge >= 0.3 is 0 Å². The second-order valence-corrected chi connectivity index (χ2v) is 7.21. The van der Waals surface area contributed by atoms with Gasteiger partial charge in [0.05, 0.1) is 22.6 Å². The van der Waals surface area contributed by atoms with Crippen LogP contribution < -0.4 is 10.1 Å². The summed E-state index contributed by atoms with van der Waals surface area (Å²) in [6.07, 6.45) is 6.83. The number of methoxy groups -OCH3 is 1. The number of ether oxygens (including phenoxy) is 1. The number of rotatable bonds is 4. The van der Waals surface area contributed by atoms with Crippen molar-refractivity contribution in [1.82, 2.24) is 0 Å². The van der Waals surface area contributed by atoms with E-state index in [1.54, 1.807) is 0 Å². The lowest BCUT2D eigenvalue weighted by Gasteiger charge is -2.09. The van der Waals surface area contributed by atoms with Crippen molar-refractivity contribution in [3.8, 4) is 5.75 Å². The first kappa shape index (κ1) is 17.4. The average molecular weight is 360 g/mol. The van der Waals surface area contributed by atoms with Crippen LogP contribution in [0.5, 0.6) is 5.75 Å². The number of benzene rings is 1. The summed E-state index contributed by atoms with van der Waals surface area (Å²) in [4.78, 5) is 25.0. The Morgan fingerprint density at radius 2 is 1.96 bits per heavy atom. The van der Waals surface area contributed by atoms with Crippen LogP contribution in [0.1, 0.15) is 45.8 Å². The monoisotopic (exact) mass is 360 g/mol. The average Bonchev–Trinajstić information content (AvgIpc) is 2.97. The van der Waals surface area contributed by atoms with E-state index >= 15 is 0 Å². The van der Waals surface area contributed by atoms with Gasteiger partial charge in [0.15, 0.2) is 0 Å². The second-order valence-electron chi connectivity index (χ2n) is 6.07. The number of aryl methyl sites for hydroxylation is 2. The van der Waals surface area contributed by atoms with Crippen molar-refractivity contribution >= 4 is 28.6 Å². The molecular weight excluding hydrogens is 340 g/mol. The van der Waals surface area contributed by atoms with Gasteiger partial charge in [-0.15, -0.1) is 11.3 Å². The molecule has 1 N–H and O–H groups in total. The number of hydrogen-bond acceptors (Lipinski definition) is 5. The zero-order valence-corrected chi connectivity index (χ0v) is 14.9. The fourth-order valence-electron chi connectivity index (χ4n) is 3.05. The van der Waals surface area contributed by atoms with Gasteiger partial charge in [-0.2, -0.15) is 0 Å². The van der Waals surface area contributed by atoms with Crippen LogP contribution in [0.3, 0.4) is 0 Å². The number of thiophene rings is 1. The minimum absolute atomic E-state index is 0.0884. The van der Waals surface area contributed by atoms with Crippen molar-refractivity contribution in [2.24, 2.45) is 0 Å². The summed E-state index contributed by atoms with van der Waals surface area (Å²) < 4.78 is 5.20. The molecule has 0 aliphatic heterocycles. The largest absolute Gasteiger partial charge is 0.495 e. The first-order chi connectivity index (χ1) is 12.1. The molecule has 132 valence electrons. The molecule has 0 saturated heterocycles. The molecule has 1 aromatic carbocycles. The van der Waals surface area contributed by atoms with Gasteiger partial charge in [0, 0.05) is 17.0 Å². The SMILES string of the molecule is COc1ccc([N+](=O)[O-])cc1NC(=O)c1cc2c(s1)CCCCCC2. The first-order valence-corrected chi connectivity index (χ1v) is 9.15. The standard InChI is InChI=1S/C18H20N2O4S/c1-24-15-9-8-13(20(22)23)11-14(15)19-18(21)17-10-12-6-4-2-3-5-7-16(12)25-17/h8-11H,2-7H2,1H3,(H,19,21). The van der Waals surface area contributed by atoms with Gasteiger partial charge in [0.1, 0.15) is 5.75 Å². The summed E-state index contributed by atoms with van der Waals surface area (Å²) in [5.74, 6) is 0.143.